The second-order valence-electron chi connectivity index (χ2n) is 4.31. The second kappa shape index (κ2) is 4.43. The van der Waals surface area contributed by atoms with Crippen molar-refractivity contribution in [1.82, 2.24) is 0 Å². The number of carboxylic acids is 1. The van der Waals surface area contributed by atoms with Crippen molar-refractivity contribution in [2.24, 2.45) is 0 Å². The van der Waals surface area contributed by atoms with Gasteiger partial charge < -0.3 is 14.9 Å². The summed E-state index contributed by atoms with van der Waals surface area (Å²) in [6.07, 6.45) is -0.0210. The Morgan fingerprint density at radius 2 is 2.06 bits per heavy atom. The van der Waals surface area contributed by atoms with Crippen molar-refractivity contribution in [2.45, 2.75) is 25.7 Å². The van der Waals surface area contributed by atoms with E-state index in [0.717, 1.165) is 0 Å². The SMILES string of the molecule is COc1c(O)cccc1C(C)(C)CC(=O)O. The topological polar surface area (TPSA) is 66.8 Å². The first-order valence-corrected chi connectivity index (χ1v) is 4.96. The third-order valence-electron chi connectivity index (χ3n) is 2.52. The fourth-order valence-electron chi connectivity index (χ4n) is 1.75. The normalized spacial score (nSPS) is 11.2. The summed E-state index contributed by atoms with van der Waals surface area (Å²) in [7, 11) is 1.45. The third-order valence-corrected chi connectivity index (χ3v) is 2.52. The van der Waals surface area contributed by atoms with E-state index < -0.39 is 11.4 Å². The summed E-state index contributed by atoms with van der Waals surface area (Å²) in [5.41, 5.74) is 0.105. The van der Waals surface area contributed by atoms with Gasteiger partial charge in [0.1, 0.15) is 0 Å². The number of ether oxygens (including phenoxy) is 1. The Hall–Kier alpha value is -1.71. The first kappa shape index (κ1) is 12.4. The van der Waals surface area contributed by atoms with Crippen molar-refractivity contribution >= 4 is 5.97 Å². The maximum absolute atomic E-state index is 10.8. The van der Waals surface area contributed by atoms with Gasteiger partial charge >= 0.3 is 5.97 Å². The van der Waals surface area contributed by atoms with Crippen LogP contribution in [0.3, 0.4) is 0 Å². The predicted octanol–water partition coefficient (Wildman–Crippen LogP) is 2.15. The summed E-state index contributed by atoms with van der Waals surface area (Å²) < 4.78 is 5.10. The average molecular weight is 224 g/mol. The molecule has 0 aliphatic carbocycles. The molecule has 0 saturated heterocycles. The van der Waals surface area contributed by atoms with Gasteiger partial charge in [0, 0.05) is 11.0 Å². The molecule has 0 atom stereocenters. The number of hydrogen-bond acceptors (Lipinski definition) is 3. The van der Waals surface area contributed by atoms with E-state index in [4.69, 9.17) is 9.84 Å². The Morgan fingerprint density at radius 3 is 2.56 bits per heavy atom. The molecule has 0 aromatic heterocycles. The van der Waals surface area contributed by atoms with E-state index in [-0.39, 0.29) is 12.2 Å². The second-order valence-corrected chi connectivity index (χ2v) is 4.31. The standard InChI is InChI=1S/C12H16O4/c1-12(2,7-10(14)15)8-5-4-6-9(13)11(8)16-3/h4-6,13H,7H2,1-3H3,(H,14,15). The molecule has 0 spiro atoms. The largest absolute Gasteiger partial charge is 0.504 e. The molecule has 0 amide bonds. The number of aliphatic carboxylic acids is 1. The molecule has 1 aromatic carbocycles. The van der Waals surface area contributed by atoms with E-state index in [2.05, 4.69) is 0 Å². The lowest BCUT2D eigenvalue weighted by Gasteiger charge is -2.25. The van der Waals surface area contributed by atoms with Crippen LogP contribution in [-0.2, 0) is 10.2 Å². The Morgan fingerprint density at radius 1 is 1.44 bits per heavy atom. The van der Waals surface area contributed by atoms with Gasteiger partial charge in [-0.25, -0.2) is 0 Å². The zero-order valence-corrected chi connectivity index (χ0v) is 9.65. The molecule has 4 heteroatoms. The zero-order chi connectivity index (χ0) is 12.3. The van der Waals surface area contributed by atoms with Crippen LogP contribution in [0, 0.1) is 0 Å². The van der Waals surface area contributed by atoms with Crippen molar-refractivity contribution in [3.8, 4) is 11.5 Å². The number of rotatable bonds is 4. The van der Waals surface area contributed by atoms with Crippen molar-refractivity contribution in [3.05, 3.63) is 23.8 Å². The van der Waals surface area contributed by atoms with Gasteiger partial charge in [-0.05, 0) is 6.07 Å². The van der Waals surface area contributed by atoms with Gasteiger partial charge in [0.2, 0.25) is 0 Å². The molecule has 1 aromatic rings. The molecule has 4 nitrogen and oxygen atoms in total. The number of aromatic hydroxyl groups is 1. The molecule has 0 heterocycles. The van der Waals surface area contributed by atoms with Crippen LogP contribution in [0.25, 0.3) is 0 Å². The molecule has 0 aliphatic rings. The predicted molar refractivity (Wildman–Crippen MR) is 59.9 cm³/mol. The molecular weight excluding hydrogens is 208 g/mol. The van der Waals surface area contributed by atoms with Gasteiger partial charge in [0.05, 0.1) is 13.5 Å². The molecule has 0 saturated carbocycles. The van der Waals surface area contributed by atoms with Gasteiger partial charge in [-0.2, -0.15) is 0 Å². The van der Waals surface area contributed by atoms with E-state index in [1.165, 1.54) is 13.2 Å². The highest BCUT2D eigenvalue weighted by atomic mass is 16.5. The van der Waals surface area contributed by atoms with E-state index >= 15 is 0 Å². The first-order valence-electron chi connectivity index (χ1n) is 4.96. The molecule has 0 fully saturated rings. The minimum atomic E-state index is -0.879. The number of carboxylic acid groups (broad SMARTS) is 1. The number of benzene rings is 1. The highest BCUT2D eigenvalue weighted by molar-refractivity contribution is 5.69. The van der Waals surface area contributed by atoms with Crippen molar-refractivity contribution < 1.29 is 19.7 Å². The summed E-state index contributed by atoms with van der Waals surface area (Å²) in [6.45, 7) is 3.61. The van der Waals surface area contributed by atoms with E-state index in [1.54, 1.807) is 26.0 Å². The minimum Gasteiger partial charge on any atom is -0.504 e. The third kappa shape index (κ3) is 2.45. The van der Waals surface area contributed by atoms with Crippen LogP contribution in [0.2, 0.25) is 0 Å². The minimum absolute atomic E-state index is 0.0210. The van der Waals surface area contributed by atoms with Crippen molar-refractivity contribution in [2.75, 3.05) is 7.11 Å². The fourth-order valence-corrected chi connectivity index (χ4v) is 1.75. The molecule has 0 aliphatic heterocycles. The highest BCUT2D eigenvalue weighted by Gasteiger charge is 2.28. The summed E-state index contributed by atoms with van der Waals surface area (Å²) in [5.74, 6) is -0.511. The lowest BCUT2D eigenvalue weighted by atomic mass is 9.81. The van der Waals surface area contributed by atoms with E-state index in [0.29, 0.717) is 11.3 Å². The van der Waals surface area contributed by atoms with Crippen LogP contribution in [0.15, 0.2) is 18.2 Å². The smallest absolute Gasteiger partial charge is 0.304 e. The highest BCUT2D eigenvalue weighted by Crippen LogP contribution is 2.39. The van der Waals surface area contributed by atoms with E-state index in [9.17, 15) is 9.90 Å². The Kier molecular flexibility index (Phi) is 3.42. The molecule has 88 valence electrons. The van der Waals surface area contributed by atoms with Crippen LogP contribution in [0.1, 0.15) is 25.8 Å². The lowest BCUT2D eigenvalue weighted by molar-refractivity contribution is -0.138. The summed E-state index contributed by atoms with van der Waals surface area (Å²) >= 11 is 0. The number of hydrogen-bond donors (Lipinski definition) is 2. The molecule has 1 rings (SSSR count). The number of phenols is 1. The number of carbonyl (C=O) groups is 1. The van der Waals surface area contributed by atoms with Gasteiger partial charge in [-0.1, -0.05) is 26.0 Å². The monoisotopic (exact) mass is 224 g/mol. The molecule has 0 bridgehead atoms. The Balaban J connectivity index is 3.21. The van der Waals surface area contributed by atoms with Crippen LogP contribution in [-0.4, -0.2) is 23.3 Å². The molecular formula is C12H16O4. The van der Waals surface area contributed by atoms with Crippen LogP contribution >= 0.6 is 0 Å². The van der Waals surface area contributed by atoms with Crippen LogP contribution in [0.5, 0.6) is 11.5 Å². The zero-order valence-electron chi connectivity index (χ0n) is 9.65. The molecule has 0 unspecified atom stereocenters. The number of phenolic OH excluding ortho intramolecular Hbond substituents is 1. The van der Waals surface area contributed by atoms with Crippen LogP contribution in [0.4, 0.5) is 0 Å². The van der Waals surface area contributed by atoms with Crippen LogP contribution < -0.4 is 4.74 Å². The molecule has 2 N–H and O–H groups in total. The summed E-state index contributed by atoms with van der Waals surface area (Å²) in [6, 6.07) is 4.96. The quantitative estimate of drug-likeness (QED) is 0.822. The van der Waals surface area contributed by atoms with Crippen molar-refractivity contribution in [3.63, 3.8) is 0 Å². The van der Waals surface area contributed by atoms with Gasteiger partial charge in [-0.3, -0.25) is 4.79 Å². The molecule has 0 radical (unpaired) electrons. The Bertz CT molecular complexity index is 396. The average Bonchev–Trinajstić information content (AvgIpc) is 2.15. The lowest BCUT2D eigenvalue weighted by Crippen LogP contribution is -2.22. The summed E-state index contributed by atoms with van der Waals surface area (Å²) in [5, 5.41) is 18.5. The number of methoxy groups -OCH3 is 1. The summed E-state index contributed by atoms with van der Waals surface area (Å²) in [4.78, 5) is 10.8. The fraction of sp³-hybridized carbons (Fsp3) is 0.417. The van der Waals surface area contributed by atoms with Gasteiger partial charge in [0.25, 0.3) is 0 Å². The first-order chi connectivity index (χ1) is 7.38. The maximum Gasteiger partial charge on any atom is 0.304 e. The van der Waals surface area contributed by atoms with Crippen molar-refractivity contribution in [1.29, 1.82) is 0 Å². The molecule has 16 heavy (non-hydrogen) atoms. The number of para-hydroxylation sites is 1. The Labute approximate surface area is 94.5 Å². The van der Waals surface area contributed by atoms with Gasteiger partial charge in [-0.15, -0.1) is 0 Å². The van der Waals surface area contributed by atoms with Gasteiger partial charge in [0.15, 0.2) is 11.5 Å². The maximum atomic E-state index is 10.8. The van der Waals surface area contributed by atoms with E-state index in [1.807, 2.05) is 0 Å².